The van der Waals surface area contributed by atoms with E-state index in [0.717, 1.165) is 48.9 Å². The summed E-state index contributed by atoms with van der Waals surface area (Å²) in [5.74, 6) is 1.66. The van der Waals surface area contributed by atoms with Gasteiger partial charge in [0.05, 0.1) is 12.8 Å². The standard InChI is InChI=1S/C21H23N5O2/c1-28-20-5-2-4-18(24-20)16-6-7-19(27)17(14-16)15-25-10-12-26(13-11-25)21-22-8-3-9-23-21/h2-9,14,27H,10-13,15H2,1H3. The molecule has 0 bridgehead atoms. The Bertz CT molecular complexity index is 927. The van der Waals surface area contributed by atoms with E-state index >= 15 is 0 Å². The fourth-order valence-electron chi connectivity index (χ4n) is 3.36. The van der Waals surface area contributed by atoms with Crippen molar-refractivity contribution in [3.63, 3.8) is 0 Å². The molecule has 7 heteroatoms. The molecule has 2 aromatic heterocycles. The number of aromatic hydroxyl groups is 1. The van der Waals surface area contributed by atoms with Crippen LogP contribution in [0.2, 0.25) is 0 Å². The second-order valence-corrected chi connectivity index (χ2v) is 6.72. The molecule has 1 fully saturated rings. The number of nitrogens with zero attached hydrogens (tertiary/aromatic N) is 5. The number of rotatable bonds is 5. The SMILES string of the molecule is COc1cccc(-c2ccc(O)c(CN3CCN(c4ncccn4)CC3)c2)n1. The van der Waals surface area contributed by atoms with Gasteiger partial charge >= 0.3 is 0 Å². The number of piperazine rings is 1. The lowest BCUT2D eigenvalue weighted by atomic mass is 10.1. The fraction of sp³-hybridized carbons (Fsp3) is 0.286. The van der Waals surface area contributed by atoms with Gasteiger partial charge in [-0.05, 0) is 30.3 Å². The molecule has 0 amide bonds. The van der Waals surface area contributed by atoms with E-state index in [-0.39, 0.29) is 0 Å². The Morgan fingerprint density at radius 2 is 1.79 bits per heavy atom. The van der Waals surface area contributed by atoms with E-state index in [2.05, 4.69) is 24.8 Å². The summed E-state index contributed by atoms with van der Waals surface area (Å²) in [6.07, 6.45) is 3.54. The van der Waals surface area contributed by atoms with Gasteiger partial charge in [-0.2, -0.15) is 0 Å². The Morgan fingerprint density at radius 1 is 1.00 bits per heavy atom. The lowest BCUT2D eigenvalue weighted by molar-refractivity contribution is 0.245. The minimum absolute atomic E-state index is 0.306. The van der Waals surface area contributed by atoms with Crippen LogP contribution in [0.3, 0.4) is 0 Å². The summed E-state index contributed by atoms with van der Waals surface area (Å²) >= 11 is 0. The number of hydrogen-bond donors (Lipinski definition) is 1. The summed E-state index contributed by atoms with van der Waals surface area (Å²) in [4.78, 5) is 17.7. The maximum atomic E-state index is 10.3. The third-order valence-corrected chi connectivity index (χ3v) is 4.91. The summed E-state index contributed by atoms with van der Waals surface area (Å²) in [5.41, 5.74) is 2.68. The van der Waals surface area contributed by atoms with E-state index in [9.17, 15) is 5.11 Å². The highest BCUT2D eigenvalue weighted by Crippen LogP contribution is 2.27. The van der Waals surface area contributed by atoms with Crippen molar-refractivity contribution in [2.75, 3.05) is 38.2 Å². The predicted octanol–water partition coefficient (Wildman–Crippen LogP) is 2.58. The molecule has 3 aromatic rings. The summed E-state index contributed by atoms with van der Waals surface area (Å²) in [6.45, 7) is 4.19. The molecule has 1 N–H and O–H groups in total. The molecule has 0 atom stereocenters. The normalized spacial score (nSPS) is 14.8. The van der Waals surface area contributed by atoms with Crippen LogP contribution in [0, 0.1) is 0 Å². The van der Waals surface area contributed by atoms with Gasteiger partial charge < -0.3 is 14.7 Å². The number of phenols is 1. The second kappa shape index (κ2) is 8.22. The van der Waals surface area contributed by atoms with Crippen molar-refractivity contribution < 1.29 is 9.84 Å². The molecule has 0 saturated carbocycles. The van der Waals surface area contributed by atoms with Gasteiger partial charge in [-0.15, -0.1) is 0 Å². The molecule has 4 rings (SSSR count). The minimum atomic E-state index is 0.306. The van der Waals surface area contributed by atoms with Crippen molar-refractivity contribution in [2.45, 2.75) is 6.54 Å². The summed E-state index contributed by atoms with van der Waals surface area (Å²) < 4.78 is 5.21. The van der Waals surface area contributed by atoms with Gasteiger partial charge in [-0.3, -0.25) is 4.90 Å². The Hall–Kier alpha value is -3.19. The molecule has 0 aliphatic carbocycles. The maximum Gasteiger partial charge on any atom is 0.225 e. The maximum absolute atomic E-state index is 10.3. The molecule has 28 heavy (non-hydrogen) atoms. The number of hydrogen-bond acceptors (Lipinski definition) is 7. The second-order valence-electron chi connectivity index (χ2n) is 6.72. The van der Waals surface area contributed by atoms with Crippen LogP contribution in [0.5, 0.6) is 11.6 Å². The van der Waals surface area contributed by atoms with E-state index in [1.165, 1.54) is 0 Å². The molecular formula is C21H23N5O2. The highest BCUT2D eigenvalue weighted by atomic mass is 16.5. The summed E-state index contributed by atoms with van der Waals surface area (Å²) in [6, 6.07) is 13.1. The zero-order valence-electron chi connectivity index (χ0n) is 15.8. The zero-order chi connectivity index (χ0) is 19.3. The predicted molar refractivity (Wildman–Crippen MR) is 107 cm³/mol. The van der Waals surface area contributed by atoms with Crippen molar-refractivity contribution in [1.82, 2.24) is 19.9 Å². The molecule has 1 saturated heterocycles. The van der Waals surface area contributed by atoms with Gasteiger partial charge in [-0.1, -0.05) is 6.07 Å². The van der Waals surface area contributed by atoms with E-state index in [4.69, 9.17) is 4.74 Å². The Balaban J connectivity index is 1.45. The minimum Gasteiger partial charge on any atom is -0.508 e. The lowest BCUT2D eigenvalue weighted by Gasteiger charge is -2.34. The first-order chi connectivity index (χ1) is 13.7. The molecule has 0 unspecified atom stereocenters. The van der Waals surface area contributed by atoms with Gasteiger partial charge in [-0.25, -0.2) is 15.0 Å². The lowest BCUT2D eigenvalue weighted by Crippen LogP contribution is -2.46. The smallest absolute Gasteiger partial charge is 0.225 e. The van der Waals surface area contributed by atoms with Crippen LogP contribution in [0.4, 0.5) is 5.95 Å². The molecule has 0 radical (unpaired) electrons. The van der Waals surface area contributed by atoms with Crippen LogP contribution in [-0.4, -0.2) is 58.2 Å². The van der Waals surface area contributed by atoms with Crippen LogP contribution in [0.15, 0.2) is 54.9 Å². The van der Waals surface area contributed by atoms with E-state index in [1.807, 2.05) is 36.4 Å². The molecular weight excluding hydrogens is 354 g/mol. The third-order valence-electron chi connectivity index (χ3n) is 4.91. The highest BCUT2D eigenvalue weighted by molar-refractivity contribution is 5.62. The van der Waals surface area contributed by atoms with Gasteiger partial charge in [0, 0.05) is 62.3 Å². The van der Waals surface area contributed by atoms with Gasteiger partial charge in [0.2, 0.25) is 11.8 Å². The molecule has 3 heterocycles. The van der Waals surface area contributed by atoms with E-state index in [1.54, 1.807) is 25.6 Å². The number of aromatic nitrogens is 3. The van der Waals surface area contributed by atoms with Crippen LogP contribution in [-0.2, 0) is 6.54 Å². The Labute approximate surface area is 164 Å². The molecule has 1 aliphatic rings. The molecule has 0 spiro atoms. The van der Waals surface area contributed by atoms with Gasteiger partial charge in [0.25, 0.3) is 0 Å². The van der Waals surface area contributed by atoms with Crippen molar-refractivity contribution >= 4 is 5.95 Å². The number of phenolic OH excluding ortho intramolecular Hbond substituents is 1. The molecule has 1 aliphatic heterocycles. The topological polar surface area (TPSA) is 74.6 Å². The van der Waals surface area contributed by atoms with Crippen molar-refractivity contribution in [3.05, 3.63) is 60.4 Å². The zero-order valence-corrected chi connectivity index (χ0v) is 15.8. The number of anilines is 1. The van der Waals surface area contributed by atoms with Gasteiger partial charge in [0.15, 0.2) is 0 Å². The van der Waals surface area contributed by atoms with Crippen LogP contribution in [0.1, 0.15) is 5.56 Å². The Kier molecular flexibility index (Phi) is 5.34. The number of ether oxygens (including phenoxy) is 1. The summed E-state index contributed by atoms with van der Waals surface area (Å²) in [5, 5.41) is 10.3. The number of methoxy groups -OCH3 is 1. The first kappa shape index (κ1) is 18.2. The largest absolute Gasteiger partial charge is 0.508 e. The van der Waals surface area contributed by atoms with Crippen LogP contribution in [0.25, 0.3) is 11.3 Å². The van der Waals surface area contributed by atoms with Crippen molar-refractivity contribution in [2.24, 2.45) is 0 Å². The molecule has 1 aromatic carbocycles. The number of benzene rings is 1. The molecule has 144 valence electrons. The molecule has 7 nitrogen and oxygen atoms in total. The third kappa shape index (κ3) is 4.04. The van der Waals surface area contributed by atoms with E-state index < -0.39 is 0 Å². The number of pyridine rings is 1. The van der Waals surface area contributed by atoms with E-state index in [0.29, 0.717) is 18.2 Å². The Morgan fingerprint density at radius 3 is 2.54 bits per heavy atom. The quantitative estimate of drug-likeness (QED) is 0.732. The van der Waals surface area contributed by atoms with Crippen LogP contribution >= 0.6 is 0 Å². The van der Waals surface area contributed by atoms with Crippen molar-refractivity contribution in [1.29, 1.82) is 0 Å². The van der Waals surface area contributed by atoms with Gasteiger partial charge in [0.1, 0.15) is 5.75 Å². The average Bonchev–Trinajstić information content (AvgIpc) is 2.76. The summed E-state index contributed by atoms with van der Waals surface area (Å²) in [7, 11) is 1.61. The highest BCUT2D eigenvalue weighted by Gasteiger charge is 2.20. The fourth-order valence-corrected chi connectivity index (χ4v) is 3.36. The van der Waals surface area contributed by atoms with Crippen molar-refractivity contribution in [3.8, 4) is 22.9 Å². The first-order valence-corrected chi connectivity index (χ1v) is 9.30. The monoisotopic (exact) mass is 377 g/mol. The van der Waals surface area contributed by atoms with Crippen LogP contribution < -0.4 is 9.64 Å². The first-order valence-electron chi connectivity index (χ1n) is 9.30. The average molecular weight is 377 g/mol.